The summed E-state index contributed by atoms with van der Waals surface area (Å²) in [5, 5.41) is 3.36. The lowest BCUT2D eigenvalue weighted by Gasteiger charge is -2.11. The summed E-state index contributed by atoms with van der Waals surface area (Å²) < 4.78 is 64.0. The second kappa shape index (κ2) is 7.06. The maximum atomic E-state index is 13.0. The summed E-state index contributed by atoms with van der Waals surface area (Å²) in [5.74, 6) is -4.98. The minimum atomic E-state index is -4.74. The van der Waals surface area contributed by atoms with Gasteiger partial charge in [-0.05, 0) is 30.3 Å². The second-order valence-electron chi connectivity index (χ2n) is 4.73. The molecular formula is C15H8ClF5N2O2. The molecule has 25 heavy (non-hydrogen) atoms. The van der Waals surface area contributed by atoms with E-state index in [2.05, 4.69) is 0 Å². The quantitative estimate of drug-likeness (QED) is 0.607. The average molecular weight is 379 g/mol. The first kappa shape index (κ1) is 18.7. The van der Waals surface area contributed by atoms with E-state index >= 15 is 0 Å². The average Bonchev–Trinajstić information content (AvgIpc) is 2.51. The Labute approximate surface area is 142 Å². The summed E-state index contributed by atoms with van der Waals surface area (Å²) in [7, 11) is 0. The highest BCUT2D eigenvalue weighted by Gasteiger charge is 2.33. The van der Waals surface area contributed by atoms with Crippen molar-refractivity contribution >= 4 is 34.8 Å². The smallest absolute Gasteiger partial charge is 0.318 e. The van der Waals surface area contributed by atoms with Crippen LogP contribution in [0.5, 0.6) is 0 Å². The number of alkyl halides is 3. The molecule has 2 aromatic carbocycles. The first-order chi connectivity index (χ1) is 11.6. The zero-order chi connectivity index (χ0) is 18.8. The van der Waals surface area contributed by atoms with Gasteiger partial charge in [0.15, 0.2) is 11.6 Å². The van der Waals surface area contributed by atoms with E-state index in [1.54, 1.807) is 0 Å². The molecule has 132 valence electrons. The van der Waals surface area contributed by atoms with E-state index in [9.17, 15) is 31.5 Å². The Balaban J connectivity index is 2.11. The largest absolute Gasteiger partial charge is 0.417 e. The Morgan fingerprint density at radius 2 is 1.36 bits per heavy atom. The van der Waals surface area contributed by atoms with Gasteiger partial charge in [-0.3, -0.25) is 9.59 Å². The molecule has 0 aliphatic carbocycles. The number of anilines is 2. The number of rotatable bonds is 2. The summed E-state index contributed by atoms with van der Waals surface area (Å²) in [5.41, 5.74) is -1.71. The van der Waals surface area contributed by atoms with Crippen LogP contribution in [0, 0.1) is 11.6 Å². The molecule has 0 bridgehead atoms. The summed E-state index contributed by atoms with van der Waals surface area (Å²) in [4.78, 5) is 23.4. The van der Waals surface area contributed by atoms with Gasteiger partial charge in [0.2, 0.25) is 0 Å². The van der Waals surface area contributed by atoms with Crippen LogP contribution >= 0.6 is 11.6 Å². The molecule has 4 nitrogen and oxygen atoms in total. The Bertz CT molecular complexity index is 839. The molecule has 0 spiro atoms. The van der Waals surface area contributed by atoms with E-state index in [-0.39, 0.29) is 11.4 Å². The molecule has 0 unspecified atom stereocenters. The van der Waals surface area contributed by atoms with E-state index in [1.807, 2.05) is 10.6 Å². The summed E-state index contributed by atoms with van der Waals surface area (Å²) in [6.07, 6.45) is -4.74. The number of amides is 2. The molecule has 0 fully saturated rings. The van der Waals surface area contributed by atoms with E-state index < -0.39 is 40.2 Å². The van der Waals surface area contributed by atoms with Crippen LogP contribution in [0.25, 0.3) is 0 Å². The highest BCUT2D eigenvalue weighted by Crippen LogP contribution is 2.36. The zero-order valence-corrected chi connectivity index (χ0v) is 12.8. The van der Waals surface area contributed by atoms with E-state index in [0.717, 1.165) is 24.3 Å². The predicted octanol–water partition coefficient (Wildman–Crippen LogP) is 4.21. The minimum absolute atomic E-state index is 0.203. The fourth-order valence-electron chi connectivity index (χ4n) is 1.77. The third kappa shape index (κ3) is 4.66. The molecular weight excluding hydrogens is 371 g/mol. The van der Waals surface area contributed by atoms with Crippen molar-refractivity contribution < 1.29 is 31.5 Å². The normalized spacial score (nSPS) is 11.1. The standard InChI is InChI=1S/C15H8ClF5N2O2/c16-10-3-1-7(5-9(10)15(19,20)21)22-13(24)14(25)23-8-2-4-11(17)12(18)6-8/h1-6H,(H,22,24)(H,23,25). The van der Waals surface area contributed by atoms with E-state index in [0.29, 0.717) is 12.1 Å². The molecule has 0 aromatic heterocycles. The molecule has 2 N–H and O–H groups in total. The Kier molecular flexibility index (Phi) is 5.27. The summed E-state index contributed by atoms with van der Waals surface area (Å²) in [6.45, 7) is 0. The van der Waals surface area contributed by atoms with Crippen LogP contribution < -0.4 is 10.6 Å². The molecule has 0 atom stereocenters. The number of benzene rings is 2. The Hall–Kier alpha value is -2.68. The molecule has 2 amide bonds. The lowest BCUT2D eigenvalue weighted by atomic mass is 10.2. The summed E-state index contributed by atoms with van der Waals surface area (Å²) >= 11 is 5.44. The molecule has 2 aromatic rings. The Morgan fingerprint density at radius 1 is 0.840 bits per heavy atom. The molecule has 10 heteroatoms. The number of carbonyl (C=O) groups excluding carboxylic acids is 2. The summed E-state index contributed by atoms with van der Waals surface area (Å²) in [6, 6.07) is 4.93. The third-order valence-electron chi connectivity index (χ3n) is 2.91. The van der Waals surface area contributed by atoms with Crippen molar-refractivity contribution in [2.75, 3.05) is 10.6 Å². The topological polar surface area (TPSA) is 58.2 Å². The van der Waals surface area contributed by atoms with Gasteiger partial charge in [-0.15, -0.1) is 0 Å². The van der Waals surface area contributed by atoms with Crippen molar-refractivity contribution in [1.29, 1.82) is 0 Å². The van der Waals surface area contributed by atoms with Gasteiger partial charge in [0.25, 0.3) is 0 Å². The van der Waals surface area contributed by atoms with Gasteiger partial charge in [-0.25, -0.2) is 8.78 Å². The lowest BCUT2D eigenvalue weighted by molar-refractivity contribution is -0.137. The van der Waals surface area contributed by atoms with Gasteiger partial charge in [0.1, 0.15) is 0 Å². The molecule has 0 aliphatic heterocycles. The van der Waals surface area contributed by atoms with Crippen LogP contribution in [0.15, 0.2) is 36.4 Å². The van der Waals surface area contributed by atoms with E-state index in [1.165, 1.54) is 0 Å². The number of halogens is 6. The van der Waals surface area contributed by atoms with Gasteiger partial charge in [-0.2, -0.15) is 13.2 Å². The van der Waals surface area contributed by atoms with Crippen LogP contribution in [-0.4, -0.2) is 11.8 Å². The van der Waals surface area contributed by atoms with Crippen molar-refractivity contribution in [3.63, 3.8) is 0 Å². The predicted molar refractivity (Wildman–Crippen MR) is 80.1 cm³/mol. The number of hydrogen-bond acceptors (Lipinski definition) is 2. The van der Waals surface area contributed by atoms with Crippen LogP contribution in [-0.2, 0) is 15.8 Å². The van der Waals surface area contributed by atoms with Crippen molar-refractivity contribution in [3.8, 4) is 0 Å². The van der Waals surface area contributed by atoms with Crippen molar-refractivity contribution in [2.24, 2.45) is 0 Å². The van der Waals surface area contributed by atoms with Gasteiger partial charge >= 0.3 is 18.0 Å². The number of carbonyl (C=O) groups is 2. The van der Waals surface area contributed by atoms with Gasteiger partial charge in [-0.1, -0.05) is 11.6 Å². The molecule has 0 saturated heterocycles. The number of nitrogens with one attached hydrogen (secondary N) is 2. The van der Waals surface area contributed by atoms with E-state index in [4.69, 9.17) is 11.6 Å². The van der Waals surface area contributed by atoms with Crippen LogP contribution in [0.2, 0.25) is 5.02 Å². The third-order valence-corrected chi connectivity index (χ3v) is 3.24. The second-order valence-corrected chi connectivity index (χ2v) is 5.14. The maximum Gasteiger partial charge on any atom is 0.417 e. The fourth-order valence-corrected chi connectivity index (χ4v) is 1.99. The van der Waals surface area contributed by atoms with Crippen LogP contribution in [0.3, 0.4) is 0 Å². The van der Waals surface area contributed by atoms with Crippen molar-refractivity contribution in [2.45, 2.75) is 6.18 Å². The first-order valence-electron chi connectivity index (χ1n) is 6.52. The fraction of sp³-hybridized carbons (Fsp3) is 0.0667. The van der Waals surface area contributed by atoms with Gasteiger partial charge in [0.05, 0.1) is 10.6 Å². The lowest BCUT2D eigenvalue weighted by Crippen LogP contribution is -2.29. The number of hydrogen-bond donors (Lipinski definition) is 2. The molecule has 0 aliphatic rings. The minimum Gasteiger partial charge on any atom is -0.318 e. The van der Waals surface area contributed by atoms with Gasteiger partial charge in [0, 0.05) is 17.4 Å². The SMILES string of the molecule is O=C(Nc1ccc(F)c(F)c1)C(=O)Nc1ccc(Cl)c(C(F)(F)F)c1. The first-order valence-corrected chi connectivity index (χ1v) is 6.90. The molecule has 0 heterocycles. The van der Waals surface area contributed by atoms with Gasteiger partial charge < -0.3 is 10.6 Å². The van der Waals surface area contributed by atoms with Crippen molar-refractivity contribution in [1.82, 2.24) is 0 Å². The highest BCUT2D eigenvalue weighted by molar-refractivity contribution is 6.43. The molecule has 0 saturated carbocycles. The maximum absolute atomic E-state index is 13.0. The van der Waals surface area contributed by atoms with Crippen LogP contribution in [0.4, 0.5) is 33.3 Å². The molecule has 2 rings (SSSR count). The monoisotopic (exact) mass is 378 g/mol. The molecule has 0 radical (unpaired) electrons. The zero-order valence-electron chi connectivity index (χ0n) is 12.0. The van der Waals surface area contributed by atoms with Crippen molar-refractivity contribution in [3.05, 3.63) is 58.6 Å². The Morgan fingerprint density at radius 3 is 1.88 bits per heavy atom. The van der Waals surface area contributed by atoms with Crippen LogP contribution in [0.1, 0.15) is 5.56 Å². The highest BCUT2D eigenvalue weighted by atomic mass is 35.5.